The normalized spacial score (nSPS) is 10.2. The van der Waals surface area contributed by atoms with E-state index < -0.39 is 17.2 Å². The predicted octanol–water partition coefficient (Wildman–Crippen LogP) is 2.06. The number of hydrogen-bond donors (Lipinski definition) is 2. The van der Waals surface area contributed by atoms with Gasteiger partial charge in [0, 0.05) is 3.57 Å². The summed E-state index contributed by atoms with van der Waals surface area (Å²) in [5, 5.41) is 8.99. The Hall–Kier alpha value is -2.02. The van der Waals surface area contributed by atoms with Crippen molar-refractivity contribution in [1.82, 2.24) is 9.97 Å². The van der Waals surface area contributed by atoms with Crippen molar-refractivity contribution in [2.24, 2.45) is 0 Å². The van der Waals surface area contributed by atoms with Crippen LogP contribution in [-0.4, -0.2) is 9.97 Å². The SMILES string of the molecule is N#Cc1c(N)nc(N)nc1-c1c(F)cc(I)cc1F. The summed E-state index contributed by atoms with van der Waals surface area (Å²) in [6, 6.07) is 3.96. The number of hydrogen-bond acceptors (Lipinski definition) is 5. The van der Waals surface area contributed by atoms with Crippen molar-refractivity contribution in [2.45, 2.75) is 0 Å². The molecule has 0 saturated carbocycles. The zero-order chi connectivity index (χ0) is 14.2. The van der Waals surface area contributed by atoms with E-state index in [1.807, 2.05) is 0 Å². The summed E-state index contributed by atoms with van der Waals surface area (Å²) in [6.07, 6.45) is 0. The molecule has 0 aliphatic rings. The van der Waals surface area contributed by atoms with Crippen LogP contribution in [0.2, 0.25) is 0 Å². The molecule has 0 aliphatic carbocycles. The van der Waals surface area contributed by atoms with Gasteiger partial charge in [-0.25, -0.2) is 13.8 Å². The molecule has 1 heterocycles. The molecule has 0 atom stereocenters. The molecule has 4 N–H and O–H groups in total. The molecule has 0 fully saturated rings. The maximum atomic E-state index is 13.9. The van der Waals surface area contributed by atoms with Crippen LogP contribution in [0.5, 0.6) is 0 Å². The van der Waals surface area contributed by atoms with E-state index in [1.54, 1.807) is 28.7 Å². The van der Waals surface area contributed by atoms with E-state index in [0.29, 0.717) is 3.57 Å². The van der Waals surface area contributed by atoms with Crippen LogP contribution in [0.1, 0.15) is 5.56 Å². The Kier molecular flexibility index (Phi) is 3.48. The third-order valence-corrected chi connectivity index (χ3v) is 2.93. The van der Waals surface area contributed by atoms with Crippen LogP contribution in [-0.2, 0) is 0 Å². The summed E-state index contributed by atoms with van der Waals surface area (Å²) < 4.78 is 28.1. The molecule has 0 unspecified atom stereocenters. The van der Waals surface area contributed by atoms with Crippen LogP contribution < -0.4 is 11.5 Å². The Balaban J connectivity index is 2.84. The van der Waals surface area contributed by atoms with Crippen molar-refractivity contribution in [2.75, 3.05) is 11.5 Å². The molecule has 0 bridgehead atoms. The zero-order valence-electron chi connectivity index (χ0n) is 9.28. The van der Waals surface area contributed by atoms with Gasteiger partial charge in [-0.2, -0.15) is 10.2 Å². The van der Waals surface area contributed by atoms with Crippen molar-refractivity contribution in [3.8, 4) is 17.3 Å². The van der Waals surface area contributed by atoms with Crippen LogP contribution in [0.3, 0.4) is 0 Å². The number of halogens is 3. The second kappa shape index (κ2) is 4.93. The summed E-state index contributed by atoms with van der Waals surface area (Å²) in [6.45, 7) is 0. The largest absolute Gasteiger partial charge is 0.382 e. The topological polar surface area (TPSA) is 102 Å². The molecule has 2 aromatic rings. The fourth-order valence-corrected chi connectivity index (χ4v) is 2.10. The molecule has 0 aliphatic heterocycles. The Morgan fingerprint density at radius 3 is 2.26 bits per heavy atom. The van der Waals surface area contributed by atoms with Crippen molar-refractivity contribution >= 4 is 34.4 Å². The monoisotopic (exact) mass is 373 g/mol. The highest BCUT2D eigenvalue weighted by atomic mass is 127. The summed E-state index contributed by atoms with van der Waals surface area (Å²) in [5.41, 5.74) is 9.98. The second-order valence-corrected chi connectivity index (χ2v) is 4.79. The van der Waals surface area contributed by atoms with E-state index in [0.717, 1.165) is 12.1 Å². The van der Waals surface area contributed by atoms with Gasteiger partial charge in [-0.05, 0) is 34.7 Å². The molecule has 0 spiro atoms. The van der Waals surface area contributed by atoms with Crippen LogP contribution in [0.4, 0.5) is 20.5 Å². The molecule has 5 nitrogen and oxygen atoms in total. The summed E-state index contributed by atoms with van der Waals surface area (Å²) in [4.78, 5) is 7.29. The molecule has 0 radical (unpaired) electrons. The molecule has 0 amide bonds. The van der Waals surface area contributed by atoms with E-state index in [2.05, 4.69) is 9.97 Å². The number of anilines is 2. The van der Waals surface area contributed by atoms with Crippen LogP contribution >= 0.6 is 22.6 Å². The van der Waals surface area contributed by atoms with Gasteiger partial charge < -0.3 is 11.5 Å². The minimum absolute atomic E-state index is 0.215. The number of nitrogens with zero attached hydrogens (tertiary/aromatic N) is 3. The fourth-order valence-electron chi connectivity index (χ4n) is 1.56. The van der Waals surface area contributed by atoms with Gasteiger partial charge in [0.15, 0.2) is 0 Å². The van der Waals surface area contributed by atoms with Gasteiger partial charge in [0.1, 0.15) is 34.8 Å². The van der Waals surface area contributed by atoms with Crippen molar-refractivity contribution in [3.05, 3.63) is 32.9 Å². The Morgan fingerprint density at radius 2 is 1.74 bits per heavy atom. The lowest BCUT2D eigenvalue weighted by molar-refractivity contribution is 0.587. The number of aromatic nitrogens is 2. The van der Waals surface area contributed by atoms with E-state index in [1.165, 1.54) is 0 Å². The standard InChI is InChI=1S/C11H6F2IN5/c12-6-1-4(14)2-7(13)8(6)9-5(3-15)10(16)19-11(17)18-9/h1-2H,(H4,16,17,18,19). The second-order valence-electron chi connectivity index (χ2n) is 3.55. The minimum atomic E-state index is -0.849. The van der Waals surface area contributed by atoms with Crippen molar-refractivity contribution < 1.29 is 8.78 Å². The Morgan fingerprint density at radius 1 is 1.16 bits per heavy atom. The summed E-state index contributed by atoms with van der Waals surface area (Å²) in [7, 11) is 0. The van der Waals surface area contributed by atoms with Gasteiger partial charge >= 0.3 is 0 Å². The smallest absolute Gasteiger partial charge is 0.222 e. The molecule has 96 valence electrons. The third-order valence-electron chi connectivity index (χ3n) is 2.31. The zero-order valence-corrected chi connectivity index (χ0v) is 11.4. The number of nitriles is 1. The molecule has 0 saturated heterocycles. The third kappa shape index (κ3) is 2.41. The number of benzene rings is 1. The first-order valence-corrected chi connectivity index (χ1v) is 6.00. The molecule has 1 aromatic heterocycles. The quantitative estimate of drug-likeness (QED) is 0.746. The average molecular weight is 373 g/mol. The lowest BCUT2D eigenvalue weighted by atomic mass is 10.1. The summed E-state index contributed by atoms with van der Waals surface area (Å²) >= 11 is 1.77. The van der Waals surface area contributed by atoms with Gasteiger partial charge in [0.2, 0.25) is 5.95 Å². The van der Waals surface area contributed by atoms with E-state index in [9.17, 15) is 8.78 Å². The van der Waals surface area contributed by atoms with Crippen molar-refractivity contribution in [1.29, 1.82) is 5.26 Å². The van der Waals surface area contributed by atoms with Gasteiger partial charge in [0.25, 0.3) is 0 Å². The van der Waals surface area contributed by atoms with Gasteiger partial charge in [-0.15, -0.1) is 0 Å². The van der Waals surface area contributed by atoms with Gasteiger partial charge in [-0.1, -0.05) is 0 Å². The highest BCUT2D eigenvalue weighted by Gasteiger charge is 2.20. The van der Waals surface area contributed by atoms with Crippen LogP contribution in [0.15, 0.2) is 12.1 Å². The Bertz CT molecular complexity index is 688. The van der Waals surface area contributed by atoms with Gasteiger partial charge in [0.05, 0.1) is 5.56 Å². The van der Waals surface area contributed by atoms with E-state index in [4.69, 9.17) is 16.7 Å². The first kappa shape index (κ1) is 13.4. The highest BCUT2D eigenvalue weighted by Crippen LogP contribution is 2.30. The van der Waals surface area contributed by atoms with Crippen LogP contribution in [0.25, 0.3) is 11.3 Å². The van der Waals surface area contributed by atoms with E-state index in [-0.39, 0.29) is 23.0 Å². The fraction of sp³-hybridized carbons (Fsp3) is 0. The van der Waals surface area contributed by atoms with Gasteiger partial charge in [-0.3, -0.25) is 0 Å². The predicted molar refractivity (Wildman–Crippen MR) is 73.6 cm³/mol. The average Bonchev–Trinajstić information content (AvgIpc) is 2.26. The first-order valence-electron chi connectivity index (χ1n) is 4.92. The molecule has 8 heteroatoms. The molecular weight excluding hydrogens is 367 g/mol. The molecule has 2 rings (SSSR count). The van der Waals surface area contributed by atoms with Crippen LogP contribution in [0, 0.1) is 26.5 Å². The lowest BCUT2D eigenvalue weighted by Crippen LogP contribution is -2.06. The number of nitrogen functional groups attached to an aromatic ring is 2. The van der Waals surface area contributed by atoms with E-state index >= 15 is 0 Å². The highest BCUT2D eigenvalue weighted by molar-refractivity contribution is 14.1. The maximum absolute atomic E-state index is 13.9. The van der Waals surface area contributed by atoms with Crippen molar-refractivity contribution in [3.63, 3.8) is 0 Å². The number of rotatable bonds is 1. The number of nitrogens with two attached hydrogens (primary N) is 2. The molecule has 1 aromatic carbocycles. The summed E-state index contributed by atoms with van der Waals surface area (Å²) in [5.74, 6) is -2.18. The first-order chi connectivity index (χ1) is 8.93. The lowest BCUT2D eigenvalue weighted by Gasteiger charge is -2.09. The Labute approximate surface area is 120 Å². The minimum Gasteiger partial charge on any atom is -0.382 e. The maximum Gasteiger partial charge on any atom is 0.222 e. The molecular formula is C11H6F2IN5. The molecule has 19 heavy (non-hydrogen) atoms.